The van der Waals surface area contributed by atoms with Crippen LogP contribution in [0.3, 0.4) is 0 Å². The zero-order valence-electron chi connectivity index (χ0n) is 51.6. The van der Waals surface area contributed by atoms with Crippen LogP contribution in [0.5, 0.6) is 0 Å². The van der Waals surface area contributed by atoms with Gasteiger partial charge in [-0.2, -0.15) is 0 Å². The van der Waals surface area contributed by atoms with Gasteiger partial charge in [0.15, 0.2) is 0 Å². The van der Waals surface area contributed by atoms with E-state index in [1.54, 1.807) is 5.56 Å². The molecule has 0 N–H and O–H groups in total. The summed E-state index contributed by atoms with van der Waals surface area (Å²) in [5.74, 6) is 0.0407. The number of thiophene rings is 1. The molecule has 410 valence electrons. The molecule has 8 aromatic rings. The molecule has 0 fully saturated rings. The SMILES string of the molecule is Cc1ccc2c3ccc(C)cc3n(C3=CC4(C)C5B(c6cc7c(cc6N4c4ccc6c(c4)C(C)(C)CCC6(C)C)C(C)(C)CCC7(C)C)c4sc6cc7c(cc6c4N(c4ccc(C(C)(C)C)cc4)C5=C3)C(C)(C)CCC7(C)C)c2c1. The van der Waals surface area contributed by atoms with Crippen LogP contribution in [0.15, 0.2) is 121 Å². The van der Waals surface area contributed by atoms with E-state index in [2.05, 4.69) is 266 Å². The first-order valence-electron chi connectivity index (χ1n) is 30.5. The number of anilines is 4. The van der Waals surface area contributed by atoms with Crippen LogP contribution in [0.1, 0.15) is 199 Å². The predicted molar refractivity (Wildman–Crippen MR) is 348 cm³/mol. The monoisotopic (exact) mass is 1070 g/mol. The van der Waals surface area contributed by atoms with Crippen molar-refractivity contribution in [2.24, 2.45) is 0 Å². The largest absolute Gasteiger partial charge is 0.332 e. The van der Waals surface area contributed by atoms with Crippen LogP contribution in [-0.2, 0) is 37.9 Å². The Balaban J connectivity index is 1.17. The summed E-state index contributed by atoms with van der Waals surface area (Å²) >= 11 is 2.11. The molecule has 0 radical (unpaired) electrons. The minimum atomic E-state index is -0.556. The van der Waals surface area contributed by atoms with E-state index in [0.717, 1.165) is 0 Å². The number of benzene rings is 6. The van der Waals surface area contributed by atoms with Gasteiger partial charge in [-0.15, -0.1) is 11.3 Å². The Morgan fingerprint density at radius 3 is 1.54 bits per heavy atom. The molecule has 2 unspecified atom stereocenters. The third kappa shape index (κ3) is 7.35. The maximum atomic E-state index is 2.90. The Labute approximate surface area is 483 Å². The highest BCUT2D eigenvalue weighted by molar-refractivity contribution is 7.32. The fourth-order valence-corrected chi connectivity index (χ4v) is 17.9. The molecule has 6 aliphatic rings. The van der Waals surface area contributed by atoms with Gasteiger partial charge >= 0.3 is 0 Å². The second-order valence-corrected chi connectivity index (χ2v) is 32.4. The molecule has 0 spiro atoms. The number of allylic oxidation sites excluding steroid dienone is 2. The lowest BCUT2D eigenvalue weighted by Gasteiger charge is -2.59. The molecular formula is C75H86BN3S. The van der Waals surface area contributed by atoms with Crippen molar-refractivity contribution in [2.45, 2.75) is 212 Å². The van der Waals surface area contributed by atoms with Gasteiger partial charge in [-0.3, -0.25) is 0 Å². The van der Waals surface area contributed by atoms with Gasteiger partial charge in [-0.05, 0) is 219 Å². The van der Waals surface area contributed by atoms with Gasteiger partial charge < -0.3 is 14.4 Å². The van der Waals surface area contributed by atoms with E-state index in [1.807, 2.05) is 0 Å². The van der Waals surface area contributed by atoms with E-state index >= 15 is 0 Å². The number of hydrogen-bond donors (Lipinski definition) is 0. The van der Waals surface area contributed by atoms with Crippen LogP contribution < -0.4 is 20.0 Å². The van der Waals surface area contributed by atoms with Crippen LogP contribution in [0.25, 0.3) is 37.6 Å². The van der Waals surface area contributed by atoms with E-state index in [1.165, 1.54) is 159 Å². The maximum absolute atomic E-state index is 2.90. The third-order valence-electron chi connectivity index (χ3n) is 21.9. The molecule has 14 rings (SSSR count). The van der Waals surface area contributed by atoms with Crippen molar-refractivity contribution in [2.75, 3.05) is 9.80 Å². The first-order chi connectivity index (χ1) is 37.4. The minimum Gasteiger partial charge on any atom is -0.332 e. The van der Waals surface area contributed by atoms with Gasteiger partial charge in [-0.1, -0.05) is 152 Å². The zero-order valence-corrected chi connectivity index (χ0v) is 52.4. The minimum absolute atomic E-state index is 0.0162. The van der Waals surface area contributed by atoms with Crippen LogP contribution in [0.4, 0.5) is 22.7 Å². The van der Waals surface area contributed by atoms with Gasteiger partial charge in [0.1, 0.15) is 0 Å². The third-order valence-corrected chi connectivity index (χ3v) is 23.1. The summed E-state index contributed by atoms with van der Waals surface area (Å²) in [6.07, 6.45) is 12.5. The van der Waals surface area contributed by atoms with Crippen LogP contribution in [0.2, 0.25) is 5.82 Å². The average molecular weight is 1070 g/mol. The summed E-state index contributed by atoms with van der Waals surface area (Å²) < 4.78 is 5.58. The first kappa shape index (κ1) is 52.3. The molecule has 4 aliphatic carbocycles. The molecule has 2 aromatic heterocycles. The zero-order chi connectivity index (χ0) is 56.6. The lowest BCUT2D eigenvalue weighted by atomic mass is 9.28. The molecule has 4 heterocycles. The summed E-state index contributed by atoms with van der Waals surface area (Å²) in [7, 11) is 0. The Bertz CT molecular complexity index is 4000. The molecule has 0 bridgehead atoms. The number of fused-ring (bicyclic) bond motifs is 12. The topological polar surface area (TPSA) is 11.4 Å². The second kappa shape index (κ2) is 16.5. The Morgan fingerprint density at radius 1 is 0.500 bits per heavy atom. The van der Waals surface area contributed by atoms with Crippen molar-refractivity contribution >= 4 is 88.6 Å². The van der Waals surface area contributed by atoms with Gasteiger partial charge in [0.05, 0.1) is 22.3 Å². The van der Waals surface area contributed by atoms with Crippen LogP contribution in [0, 0.1) is 13.8 Å². The number of rotatable bonds is 3. The summed E-state index contributed by atoms with van der Waals surface area (Å²) in [5.41, 5.74) is 24.8. The molecule has 2 atom stereocenters. The highest BCUT2D eigenvalue weighted by atomic mass is 32.1. The number of aromatic nitrogens is 1. The molecule has 3 nitrogen and oxygen atoms in total. The normalized spacial score (nSPS) is 23.4. The average Bonchev–Trinajstić information content (AvgIpc) is 3.97. The summed E-state index contributed by atoms with van der Waals surface area (Å²) in [6.45, 7) is 44.4. The summed E-state index contributed by atoms with van der Waals surface area (Å²) in [4.78, 5) is 5.71. The van der Waals surface area contributed by atoms with Crippen molar-refractivity contribution in [1.82, 2.24) is 4.57 Å². The van der Waals surface area contributed by atoms with Crippen molar-refractivity contribution in [3.63, 3.8) is 0 Å². The highest BCUT2D eigenvalue weighted by Crippen LogP contribution is 2.62. The van der Waals surface area contributed by atoms with E-state index < -0.39 is 5.54 Å². The molecule has 2 aliphatic heterocycles. The maximum Gasteiger partial charge on any atom is 0.239 e. The van der Waals surface area contributed by atoms with E-state index in [4.69, 9.17) is 0 Å². The first-order valence-corrected chi connectivity index (χ1v) is 31.3. The highest BCUT2D eigenvalue weighted by Gasteiger charge is 2.60. The molecule has 6 aromatic carbocycles. The van der Waals surface area contributed by atoms with Gasteiger partial charge in [0, 0.05) is 59.9 Å². The van der Waals surface area contributed by atoms with Crippen molar-refractivity contribution < 1.29 is 0 Å². The van der Waals surface area contributed by atoms with Gasteiger partial charge in [0.2, 0.25) is 6.71 Å². The fraction of sp³-hybridized carbons (Fsp3) is 0.440. The van der Waals surface area contributed by atoms with Crippen molar-refractivity contribution in [3.05, 3.63) is 171 Å². The van der Waals surface area contributed by atoms with Crippen molar-refractivity contribution in [3.8, 4) is 0 Å². The molecule has 80 heavy (non-hydrogen) atoms. The predicted octanol–water partition coefficient (Wildman–Crippen LogP) is 19.5. The fourth-order valence-electron chi connectivity index (χ4n) is 16.6. The molecule has 5 heteroatoms. The molecule has 0 amide bonds. The van der Waals surface area contributed by atoms with Crippen LogP contribution in [-0.4, -0.2) is 16.8 Å². The Morgan fingerprint density at radius 2 is 0.988 bits per heavy atom. The standard InChI is InChI=1S/C75H86BN3S/c1-44-19-26-50-51-27-20-45(2)36-61(51)77(60(50)35-44)49-38-63-66-75(18,43-49)79(48-25-28-53-54(37-48)70(8,9)30-29-69(53,6)7)62-41-57-56(72(12,13)32-33-73(57,14)15)40-59(62)76(66)67-65(78(63)47-23-21-46(22-24-47)68(3,4)5)52-39-55-58(42-64(52)80-67)74(16,17)34-31-71(55,10)11/h19-28,35-43,66H,29-34H2,1-18H3. The number of hydrogen-bond acceptors (Lipinski definition) is 3. The molecule has 0 saturated carbocycles. The van der Waals surface area contributed by atoms with Crippen molar-refractivity contribution in [1.29, 1.82) is 0 Å². The molecule has 0 saturated heterocycles. The van der Waals surface area contributed by atoms with E-state index in [-0.39, 0.29) is 50.4 Å². The number of aryl methyl sites for hydroxylation is 2. The van der Waals surface area contributed by atoms with E-state index in [9.17, 15) is 0 Å². The molecular weight excluding hydrogens is 986 g/mol. The quantitative estimate of drug-likeness (QED) is 0.163. The second-order valence-electron chi connectivity index (χ2n) is 31.4. The lowest BCUT2D eigenvalue weighted by molar-refractivity contribution is 0.331. The Kier molecular flexibility index (Phi) is 10.8. The van der Waals surface area contributed by atoms with Crippen LogP contribution >= 0.6 is 11.3 Å². The Hall–Kier alpha value is -5.78. The lowest BCUT2D eigenvalue weighted by Crippen LogP contribution is -2.67. The van der Waals surface area contributed by atoms with Gasteiger partial charge in [0.25, 0.3) is 0 Å². The smallest absolute Gasteiger partial charge is 0.239 e. The van der Waals surface area contributed by atoms with E-state index in [0.29, 0.717) is 0 Å². The van der Waals surface area contributed by atoms with Gasteiger partial charge in [-0.25, -0.2) is 0 Å². The number of nitrogens with zero attached hydrogens (tertiary/aromatic N) is 3. The summed E-state index contributed by atoms with van der Waals surface area (Å²) in [6, 6.07) is 42.7. The summed E-state index contributed by atoms with van der Waals surface area (Å²) in [5, 5.41) is 4.01.